The van der Waals surface area contributed by atoms with E-state index in [1.165, 1.54) is 109 Å². The topological polar surface area (TPSA) is 175 Å². The van der Waals surface area contributed by atoms with E-state index < -0.39 is 49.5 Å². The summed E-state index contributed by atoms with van der Waals surface area (Å²) in [6.45, 7) is 4.07. The summed E-state index contributed by atoms with van der Waals surface area (Å²) in [5.41, 5.74) is 0. The number of ether oxygens (including phenoxy) is 3. The van der Waals surface area contributed by atoms with Crippen LogP contribution < -0.4 is 5.32 Å². The van der Waals surface area contributed by atoms with Gasteiger partial charge in [0.15, 0.2) is 6.29 Å². The average molecular weight is 1040 g/mol. The molecule has 7 unspecified atom stereocenters. The van der Waals surface area contributed by atoms with Crippen LogP contribution in [0.2, 0.25) is 0 Å². The van der Waals surface area contributed by atoms with Crippen LogP contribution in [0.25, 0.3) is 0 Å². The molecule has 11 heteroatoms. The number of allylic oxidation sites excluding steroid dienone is 12. The van der Waals surface area contributed by atoms with Gasteiger partial charge in [0, 0.05) is 12.8 Å². The second-order valence-electron chi connectivity index (χ2n) is 20.3. The number of hydrogen-bond donors (Lipinski definition) is 6. The zero-order valence-electron chi connectivity index (χ0n) is 46.8. The van der Waals surface area contributed by atoms with E-state index in [9.17, 15) is 35.1 Å². The monoisotopic (exact) mass is 1040 g/mol. The molecule has 0 saturated carbocycles. The maximum absolute atomic E-state index is 13.0. The number of carbonyl (C=O) groups is 2. The van der Waals surface area contributed by atoms with Crippen molar-refractivity contribution in [3.63, 3.8) is 0 Å². The highest BCUT2D eigenvalue weighted by atomic mass is 16.7. The fourth-order valence-electron chi connectivity index (χ4n) is 8.68. The average Bonchev–Trinajstić information content (AvgIpc) is 3.40. The van der Waals surface area contributed by atoms with Gasteiger partial charge in [0.25, 0.3) is 0 Å². The molecule has 0 bridgehead atoms. The molecule has 1 heterocycles. The van der Waals surface area contributed by atoms with Gasteiger partial charge in [-0.3, -0.25) is 9.59 Å². The molecule has 0 aliphatic carbocycles. The maximum Gasteiger partial charge on any atom is 0.305 e. The number of hydrogen-bond acceptors (Lipinski definition) is 10. The number of amides is 1. The zero-order valence-corrected chi connectivity index (χ0v) is 46.8. The minimum Gasteiger partial charge on any atom is -0.465 e. The van der Waals surface area contributed by atoms with Gasteiger partial charge in [-0.05, 0) is 96.3 Å². The van der Waals surface area contributed by atoms with E-state index >= 15 is 0 Å². The minimum atomic E-state index is -1.58. The Hall–Kier alpha value is -3.16. The fourth-order valence-corrected chi connectivity index (χ4v) is 8.68. The predicted octanol–water partition coefficient (Wildman–Crippen LogP) is 13.8. The third kappa shape index (κ3) is 41.1. The van der Waals surface area contributed by atoms with Gasteiger partial charge in [-0.15, -0.1) is 0 Å². The van der Waals surface area contributed by atoms with E-state index in [4.69, 9.17) is 14.2 Å². The Morgan fingerprint density at radius 1 is 0.500 bits per heavy atom. The normalized spacial score (nSPS) is 19.5. The van der Waals surface area contributed by atoms with Crippen LogP contribution in [0.15, 0.2) is 85.1 Å². The largest absolute Gasteiger partial charge is 0.465 e. The molecule has 0 aromatic heterocycles. The molecule has 0 spiro atoms. The Morgan fingerprint density at radius 2 is 0.946 bits per heavy atom. The third-order valence-corrected chi connectivity index (χ3v) is 13.4. The standard InChI is InChI=1S/C63H109NO10/c1-3-5-7-9-11-13-15-26-31-35-39-43-47-51-59(68)72-52-48-44-40-36-32-28-25-23-21-19-17-18-20-22-24-27-30-34-38-42-46-50-58(67)64-55(54-73-63-62(71)61(70)60(69)57(53-65)74-63)56(66)49-45-41-37-33-29-16-14-12-10-8-6-4-2/h7,9-10,12-13,15,28-29,32-33,40,44-45,49,55-57,60-63,65-66,69-71H,3-6,8,11,14,16-27,30-31,34-39,41-43,46-48,50-54H2,1-2H3,(H,64,67)/b9-7-,12-10+,15-13-,32-28-,33-29+,44-40-,49-45+. The molecule has 1 aliphatic rings. The van der Waals surface area contributed by atoms with Crippen molar-refractivity contribution in [3.05, 3.63) is 85.1 Å². The van der Waals surface area contributed by atoms with Gasteiger partial charge in [0.2, 0.25) is 5.91 Å². The first-order valence-electron chi connectivity index (χ1n) is 29.9. The molecule has 1 saturated heterocycles. The van der Waals surface area contributed by atoms with Crippen molar-refractivity contribution in [2.75, 3.05) is 19.8 Å². The lowest BCUT2D eigenvalue weighted by molar-refractivity contribution is -0.302. The molecule has 7 atom stereocenters. The number of nitrogens with one attached hydrogen (secondary N) is 1. The number of unbranched alkanes of at least 4 members (excludes halogenated alkanes) is 24. The second kappa shape index (κ2) is 51.9. The van der Waals surface area contributed by atoms with Gasteiger partial charge in [-0.2, -0.15) is 0 Å². The van der Waals surface area contributed by atoms with Crippen LogP contribution in [-0.4, -0.2) is 100 Å². The molecule has 0 aromatic rings. The lowest BCUT2D eigenvalue weighted by atomic mass is 9.99. The molecule has 0 aromatic carbocycles. The van der Waals surface area contributed by atoms with Gasteiger partial charge in [0.1, 0.15) is 24.4 Å². The predicted molar refractivity (Wildman–Crippen MR) is 306 cm³/mol. The van der Waals surface area contributed by atoms with E-state index in [1.54, 1.807) is 6.08 Å². The summed E-state index contributed by atoms with van der Waals surface area (Å²) in [7, 11) is 0. The highest BCUT2D eigenvalue weighted by Crippen LogP contribution is 2.23. The number of aliphatic hydroxyl groups excluding tert-OH is 5. The van der Waals surface area contributed by atoms with Gasteiger partial charge in [-0.1, -0.05) is 214 Å². The molecule has 426 valence electrons. The molecule has 6 N–H and O–H groups in total. The van der Waals surface area contributed by atoms with E-state index in [-0.39, 0.29) is 18.5 Å². The van der Waals surface area contributed by atoms with Gasteiger partial charge >= 0.3 is 5.97 Å². The fraction of sp³-hybridized carbons (Fsp3) is 0.746. The van der Waals surface area contributed by atoms with E-state index in [0.717, 1.165) is 103 Å². The van der Waals surface area contributed by atoms with Crippen molar-refractivity contribution in [1.29, 1.82) is 0 Å². The first kappa shape index (κ1) is 68.9. The highest BCUT2D eigenvalue weighted by Gasteiger charge is 2.44. The molecule has 11 nitrogen and oxygen atoms in total. The Labute approximate surface area is 451 Å². The number of carbonyl (C=O) groups excluding carboxylic acids is 2. The zero-order chi connectivity index (χ0) is 53.8. The summed E-state index contributed by atoms with van der Waals surface area (Å²) < 4.78 is 16.6. The Bertz CT molecular complexity index is 1500. The van der Waals surface area contributed by atoms with Crippen LogP contribution in [0, 0.1) is 0 Å². The van der Waals surface area contributed by atoms with Crippen molar-refractivity contribution in [1.82, 2.24) is 5.32 Å². The molecule has 1 fully saturated rings. The molecule has 1 amide bonds. The smallest absolute Gasteiger partial charge is 0.305 e. The number of aliphatic hydroxyl groups is 5. The van der Waals surface area contributed by atoms with Gasteiger partial charge in [0.05, 0.1) is 32.0 Å². The van der Waals surface area contributed by atoms with E-state index in [2.05, 4.69) is 92.1 Å². The highest BCUT2D eigenvalue weighted by molar-refractivity contribution is 5.76. The van der Waals surface area contributed by atoms with Crippen LogP contribution in [0.3, 0.4) is 0 Å². The molecular formula is C63H109NO10. The van der Waals surface area contributed by atoms with Crippen LogP contribution in [0.5, 0.6) is 0 Å². The minimum absolute atomic E-state index is 0.0660. The van der Waals surface area contributed by atoms with Crippen molar-refractivity contribution in [3.8, 4) is 0 Å². The van der Waals surface area contributed by atoms with Gasteiger partial charge < -0.3 is 45.1 Å². The first-order valence-corrected chi connectivity index (χ1v) is 29.9. The Morgan fingerprint density at radius 3 is 1.47 bits per heavy atom. The van der Waals surface area contributed by atoms with Crippen molar-refractivity contribution in [2.24, 2.45) is 0 Å². The van der Waals surface area contributed by atoms with Crippen molar-refractivity contribution in [2.45, 2.75) is 281 Å². The molecular weight excluding hydrogens is 931 g/mol. The lowest BCUT2D eigenvalue weighted by Crippen LogP contribution is -2.60. The van der Waals surface area contributed by atoms with Crippen molar-refractivity contribution >= 4 is 11.9 Å². The van der Waals surface area contributed by atoms with E-state index in [1.807, 2.05) is 6.08 Å². The summed E-state index contributed by atoms with van der Waals surface area (Å²) in [6.07, 6.45) is 59.8. The van der Waals surface area contributed by atoms with Crippen LogP contribution >= 0.6 is 0 Å². The molecule has 74 heavy (non-hydrogen) atoms. The van der Waals surface area contributed by atoms with E-state index in [0.29, 0.717) is 19.4 Å². The Balaban J connectivity index is 2.09. The number of esters is 1. The third-order valence-electron chi connectivity index (χ3n) is 13.4. The van der Waals surface area contributed by atoms with Gasteiger partial charge in [-0.25, -0.2) is 0 Å². The molecule has 0 radical (unpaired) electrons. The van der Waals surface area contributed by atoms with Crippen molar-refractivity contribution < 1.29 is 49.3 Å². The summed E-state index contributed by atoms with van der Waals surface area (Å²) in [4.78, 5) is 25.0. The summed E-state index contributed by atoms with van der Waals surface area (Å²) >= 11 is 0. The van der Waals surface area contributed by atoms with Crippen LogP contribution in [-0.2, 0) is 23.8 Å². The SMILES string of the molecule is CCC/C=C\C/C=C\CCCCCCCC(=O)OCC/C=C\C/C=C\CCCCCCCCCCCCCCCCC(=O)NC(COC1OC(CO)C(O)C(O)C1O)C(O)/C=C/CC/C=C/CC/C=C/CCCC. The Kier molecular flexibility index (Phi) is 48.3. The van der Waals surface area contributed by atoms with Crippen LogP contribution in [0.4, 0.5) is 0 Å². The summed E-state index contributed by atoms with van der Waals surface area (Å²) in [5.74, 6) is -0.270. The number of rotatable bonds is 50. The van der Waals surface area contributed by atoms with Crippen LogP contribution in [0.1, 0.15) is 239 Å². The first-order chi connectivity index (χ1) is 36.2. The summed E-state index contributed by atoms with van der Waals surface area (Å²) in [5, 5.41) is 54.3. The molecule has 1 aliphatic heterocycles. The maximum atomic E-state index is 13.0. The quantitative estimate of drug-likeness (QED) is 0.0195. The molecule has 1 rings (SSSR count). The summed E-state index contributed by atoms with van der Waals surface area (Å²) in [6, 6.07) is -0.840. The lowest BCUT2D eigenvalue weighted by Gasteiger charge is -2.40. The second-order valence-corrected chi connectivity index (χ2v) is 20.3.